The van der Waals surface area contributed by atoms with Crippen LogP contribution >= 0.6 is 0 Å². The van der Waals surface area contributed by atoms with Gasteiger partial charge in [-0.25, -0.2) is 9.78 Å². The van der Waals surface area contributed by atoms with Gasteiger partial charge >= 0.3 is 5.97 Å². The molecule has 32 heavy (non-hydrogen) atoms. The van der Waals surface area contributed by atoms with E-state index in [0.29, 0.717) is 45.0 Å². The van der Waals surface area contributed by atoms with Gasteiger partial charge in [-0.1, -0.05) is 6.07 Å². The first-order chi connectivity index (χ1) is 15.4. The highest BCUT2D eigenvalue weighted by Gasteiger charge is 2.25. The molecule has 0 N–H and O–H groups in total. The number of piperazine rings is 1. The quantitative estimate of drug-likeness (QED) is 0.349. The molecule has 1 aliphatic rings. The molecule has 0 radical (unpaired) electrons. The van der Waals surface area contributed by atoms with Gasteiger partial charge in [-0.05, 0) is 32.0 Å². The largest absolute Gasteiger partial charge is 0.452 e. The average molecular weight is 441 g/mol. The summed E-state index contributed by atoms with van der Waals surface area (Å²) >= 11 is 0. The molecule has 0 atom stereocenters. The molecule has 2 heterocycles. The Morgan fingerprint density at radius 3 is 2.44 bits per heavy atom. The van der Waals surface area contributed by atoms with Gasteiger partial charge in [0.2, 0.25) is 0 Å². The number of nitro groups is 1. The summed E-state index contributed by atoms with van der Waals surface area (Å²) in [6.45, 7) is 6.93. The van der Waals surface area contributed by atoms with Crippen LogP contribution in [0.3, 0.4) is 0 Å². The van der Waals surface area contributed by atoms with Crippen LogP contribution in [-0.4, -0.2) is 72.6 Å². The molecule has 0 saturated carbocycles. The molecule has 0 spiro atoms. The zero-order valence-corrected chi connectivity index (χ0v) is 18.3. The van der Waals surface area contributed by atoms with Crippen molar-refractivity contribution in [3.05, 3.63) is 58.3 Å². The maximum Gasteiger partial charge on any atom is 0.341 e. The normalized spacial score (nSPS) is 13.6. The van der Waals surface area contributed by atoms with Crippen LogP contribution in [0, 0.1) is 10.1 Å². The molecule has 3 rings (SSSR count). The van der Waals surface area contributed by atoms with Gasteiger partial charge in [0.05, 0.1) is 16.2 Å². The van der Waals surface area contributed by atoms with Crippen molar-refractivity contribution in [1.82, 2.24) is 9.88 Å². The van der Waals surface area contributed by atoms with Gasteiger partial charge in [-0.3, -0.25) is 14.9 Å². The van der Waals surface area contributed by atoms with Crippen molar-refractivity contribution < 1.29 is 19.2 Å². The van der Waals surface area contributed by atoms with Gasteiger partial charge in [-0.2, -0.15) is 0 Å². The van der Waals surface area contributed by atoms with Gasteiger partial charge in [0.1, 0.15) is 5.82 Å². The number of rotatable bonds is 8. The minimum Gasteiger partial charge on any atom is -0.452 e. The molecule has 1 amide bonds. The standard InChI is InChI=1S/C22H27N5O5/c1-3-24(4-2)19-9-8-17(27(30)31)15-18(19)22(29)32-16-21(28)26-13-11-25(12-14-26)20-7-5-6-10-23-20/h5-10,15H,3-4,11-14,16H2,1-2H3. The molecule has 0 unspecified atom stereocenters. The summed E-state index contributed by atoms with van der Waals surface area (Å²) in [5.41, 5.74) is 0.419. The van der Waals surface area contributed by atoms with Gasteiger partial charge in [0.25, 0.3) is 11.6 Å². The third-order valence-corrected chi connectivity index (χ3v) is 5.45. The second-order valence-electron chi connectivity index (χ2n) is 7.26. The molecule has 10 heteroatoms. The molecule has 170 valence electrons. The fourth-order valence-electron chi connectivity index (χ4n) is 3.66. The van der Waals surface area contributed by atoms with E-state index in [9.17, 15) is 19.7 Å². The number of hydrogen-bond donors (Lipinski definition) is 0. The maximum atomic E-state index is 12.7. The smallest absolute Gasteiger partial charge is 0.341 e. The van der Waals surface area contributed by atoms with E-state index >= 15 is 0 Å². The zero-order valence-electron chi connectivity index (χ0n) is 18.3. The Labute approximate surface area is 186 Å². The Kier molecular flexibility index (Phi) is 7.58. The fraction of sp³-hybridized carbons (Fsp3) is 0.409. The number of anilines is 2. The number of benzene rings is 1. The number of hydrogen-bond acceptors (Lipinski definition) is 8. The minimum atomic E-state index is -0.754. The maximum absolute atomic E-state index is 12.7. The van der Waals surface area contributed by atoms with Crippen LogP contribution in [0.15, 0.2) is 42.6 Å². The number of ether oxygens (including phenoxy) is 1. The lowest BCUT2D eigenvalue weighted by Gasteiger charge is -2.35. The number of aromatic nitrogens is 1. The van der Waals surface area contributed by atoms with E-state index in [4.69, 9.17) is 4.74 Å². The lowest BCUT2D eigenvalue weighted by molar-refractivity contribution is -0.384. The van der Waals surface area contributed by atoms with Crippen molar-refractivity contribution in [3.8, 4) is 0 Å². The number of carbonyl (C=O) groups is 2. The van der Waals surface area contributed by atoms with Gasteiger partial charge < -0.3 is 19.4 Å². The van der Waals surface area contributed by atoms with Crippen LogP contribution in [0.25, 0.3) is 0 Å². The molecule has 0 bridgehead atoms. The summed E-state index contributed by atoms with van der Waals surface area (Å²) < 4.78 is 5.26. The number of nitrogens with zero attached hydrogens (tertiary/aromatic N) is 5. The van der Waals surface area contributed by atoms with Crippen molar-refractivity contribution in [2.75, 3.05) is 55.7 Å². The van der Waals surface area contributed by atoms with E-state index in [1.54, 1.807) is 17.2 Å². The molecule has 2 aromatic rings. The van der Waals surface area contributed by atoms with E-state index in [2.05, 4.69) is 9.88 Å². The Morgan fingerprint density at radius 1 is 1.12 bits per heavy atom. The number of non-ortho nitro benzene ring substituents is 1. The summed E-state index contributed by atoms with van der Waals surface area (Å²) in [6, 6.07) is 9.79. The molecular weight excluding hydrogens is 414 g/mol. The summed E-state index contributed by atoms with van der Waals surface area (Å²) in [6.07, 6.45) is 1.73. The van der Waals surface area contributed by atoms with Crippen LogP contribution in [0.1, 0.15) is 24.2 Å². The van der Waals surface area contributed by atoms with Crippen LogP contribution in [0.2, 0.25) is 0 Å². The van der Waals surface area contributed by atoms with Gasteiger partial charge in [-0.15, -0.1) is 0 Å². The lowest BCUT2D eigenvalue weighted by Crippen LogP contribution is -2.50. The molecule has 1 aliphatic heterocycles. The minimum absolute atomic E-state index is 0.0793. The predicted octanol–water partition coefficient (Wildman–Crippen LogP) is 2.34. The second-order valence-corrected chi connectivity index (χ2v) is 7.26. The van der Waals surface area contributed by atoms with Crippen LogP contribution in [0.5, 0.6) is 0 Å². The number of carbonyl (C=O) groups excluding carboxylic acids is 2. The zero-order chi connectivity index (χ0) is 23.1. The summed E-state index contributed by atoms with van der Waals surface area (Å²) in [5, 5.41) is 11.2. The number of amides is 1. The summed E-state index contributed by atoms with van der Waals surface area (Å²) in [4.78, 5) is 45.9. The first-order valence-corrected chi connectivity index (χ1v) is 10.6. The Hall–Kier alpha value is -3.69. The molecule has 1 aromatic heterocycles. The van der Waals surface area contributed by atoms with E-state index in [0.717, 1.165) is 5.82 Å². The van der Waals surface area contributed by atoms with Crippen molar-refractivity contribution in [2.24, 2.45) is 0 Å². The van der Waals surface area contributed by atoms with E-state index in [1.165, 1.54) is 12.1 Å². The topological polar surface area (TPSA) is 109 Å². The van der Waals surface area contributed by atoms with E-state index < -0.39 is 17.5 Å². The Balaban J connectivity index is 1.62. The van der Waals surface area contributed by atoms with Gasteiger partial charge in [0.15, 0.2) is 6.61 Å². The number of pyridine rings is 1. The van der Waals surface area contributed by atoms with E-state index in [1.807, 2.05) is 36.9 Å². The molecule has 1 saturated heterocycles. The molecule has 10 nitrogen and oxygen atoms in total. The Morgan fingerprint density at radius 2 is 1.84 bits per heavy atom. The first kappa shape index (κ1) is 23.0. The van der Waals surface area contributed by atoms with Crippen molar-refractivity contribution >= 4 is 29.1 Å². The highest BCUT2D eigenvalue weighted by Crippen LogP contribution is 2.26. The van der Waals surface area contributed by atoms with Crippen LogP contribution in [-0.2, 0) is 9.53 Å². The fourth-order valence-corrected chi connectivity index (χ4v) is 3.66. The van der Waals surface area contributed by atoms with Crippen molar-refractivity contribution in [3.63, 3.8) is 0 Å². The summed E-state index contributed by atoms with van der Waals surface area (Å²) in [5.74, 6) is -0.189. The number of nitro benzene ring substituents is 1. The first-order valence-electron chi connectivity index (χ1n) is 10.6. The second kappa shape index (κ2) is 10.6. The molecule has 1 aromatic carbocycles. The molecule has 1 fully saturated rings. The molecule has 0 aliphatic carbocycles. The SMILES string of the molecule is CCN(CC)c1ccc([N+](=O)[O-])cc1C(=O)OCC(=O)N1CCN(c2ccccn2)CC1. The lowest BCUT2D eigenvalue weighted by atomic mass is 10.1. The Bertz CT molecular complexity index is 956. The highest BCUT2D eigenvalue weighted by molar-refractivity contribution is 5.97. The predicted molar refractivity (Wildman–Crippen MR) is 120 cm³/mol. The van der Waals surface area contributed by atoms with Crippen LogP contribution < -0.4 is 9.80 Å². The third kappa shape index (κ3) is 5.32. The van der Waals surface area contributed by atoms with E-state index in [-0.39, 0.29) is 17.2 Å². The average Bonchev–Trinajstić information content (AvgIpc) is 2.83. The van der Waals surface area contributed by atoms with Crippen LogP contribution in [0.4, 0.5) is 17.2 Å². The highest BCUT2D eigenvalue weighted by atomic mass is 16.6. The number of esters is 1. The van der Waals surface area contributed by atoms with Crippen molar-refractivity contribution in [1.29, 1.82) is 0 Å². The van der Waals surface area contributed by atoms with Gasteiger partial charge in [0, 0.05) is 57.6 Å². The third-order valence-electron chi connectivity index (χ3n) is 5.45. The molecular formula is C22H27N5O5. The monoisotopic (exact) mass is 441 g/mol. The summed E-state index contributed by atoms with van der Waals surface area (Å²) in [7, 11) is 0. The van der Waals surface area contributed by atoms with Crippen molar-refractivity contribution in [2.45, 2.75) is 13.8 Å².